The summed E-state index contributed by atoms with van der Waals surface area (Å²) in [5.74, 6) is -3.34. The van der Waals surface area contributed by atoms with Crippen LogP contribution in [0.4, 0.5) is 0 Å². The zero-order valence-corrected chi connectivity index (χ0v) is 48.0. The van der Waals surface area contributed by atoms with Gasteiger partial charge in [0.15, 0.2) is 0 Å². The van der Waals surface area contributed by atoms with Crippen molar-refractivity contribution in [2.75, 3.05) is 26.2 Å². The molecule has 5 rings (SSSR count). The predicted molar refractivity (Wildman–Crippen MR) is 311 cm³/mol. The second-order valence-electron chi connectivity index (χ2n) is 21.7. The Balaban J connectivity index is 1.93. The summed E-state index contributed by atoms with van der Waals surface area (Å²) < 4.78 is 0. The number of phenols is 8. The van der Waals surface area contributed by atoms with E-state index in [-0.39, 0.29) is 72.2 Å². The molecule has 424 valence electrons. The van der Waals surface area contributed by atoms with Crippen LogP contribution in [-0.4, -0.2) is 67.0 Å². The highest BCUT2D eigenvalue weighted by molar-refractivity contribution is 5.67. The third kappa shape index (κ3) is 14.8. The number of unbranched alkanes of at least 4 members (excludes halogenated alkanes) is 12. The van der Waals surface area contributed by atoms with Crippen LogP contribution in [0.25, 0.3) is 0 Å². The molecular formula is C64H100N4O8. The molecule has 0 heterocycles. The Morgan fingerprint density at radius 2 is 0.434 bits per heavy atom. The van der Waals surface area contributed by atoms with Crippen molar-refractivity contribution in [3.63, 3.8) is 0 Å². The van der Waals surface area contributed by atoms with Crippen LogP contribution in [0.2, 0.25) is 0 Å². The molecule has 0 saturated carbocycles. The number of hydrogen-bond acceptors (Lipinski definition) is 12. The van der Waals surface area contributed by atoms with Gasteiger partial charge in [-0.2, -0.15) is 0 Å². The molecule has 4 aromatic carbocycles. The van der Waals surface area contributed by atoms with Crippen LogP contribution >= 0.6 is 0 Å². The number of nitrogens with one attached hydrogen (secondary N) is 4. The molecule has 0 atom stereocenters. The van der Waals surface area contributed by atoms with E-state index < -0.39 is 23.7 Å². The van der Waals surface area contributed by atoms with Crippen molar-refractivity contribution in [3.05, 3.63) is 91.0 Å². The monoisotopic (exact) mass is 1050 g/mol. The lowest BCUT2D eigenvalue weighted by molar-refractivity contribution is 0.407. The van der Waals surface area contributed by atoms with Crippen LogP contribution in [0, 0.1) is 0 Å². The molecule has 8 bridgehead atoms. The fraction of sp³-hybridized carbons (Fsp3) is 0.625. The summed E-state index contributed by atoms with van der Waals surface area (Å²) in [5, 5.41) is 115. The van der Waals surface area contributed by atoms with Gasteiger partial charge in [0.1, 0.15) is 46.0 Å². The van der Waals surface area contributed by atoms with Gasteiger partial charge in [0.05, 0.1) is 22.3 Å². The van der Waals surface area contributed by atoms with E-state index in [1.807, 2.05) is 52.0 Å². The Bertz CT molecular complexity index is 1990. The summed E-state index contributed by atoms with van der Waals surface area (Å²) in [6.45, 7) is 20.0. The maximum Gasteiger partial charge on any atom is 0.127 e. The zero-order chi connectivity index (χ0) is 55.3. The maximum absolute atomic E-state index is 12.6. The highest BCUT2D eigenvalue weighted by Gasteiger charge is 2.36. The molecule has 0 aromatic heterocycles. The molecule has 0 fully saturated rings. The van der Waals surface area contributed by atoms with Crippen LogP contribution in [-0.2, 0) is 26.2 Å². The molecule has 12 heteroatoms. The van der Waals surface area contributed by atoms with Crippen LogP contribution in [0.3, 0.4) is 0 Å². The van der Waals surface area contributed by atoms with Gasteiger partial charge in [-0.05, 0) is 102 Å². The van der Waals surface area contributed by atoms with Crippen LogP contribution in [0.1, 0.15) is 274 Å². The molecule has 76 heavy (non-hydrogen) atoms. The molecule has 0 amide bonds. The third-order valence-electron chi connectivity index (χ3n) is 16.4. The quantitative estimate of drug-likeness (QED) is 0.0206. The SMILES string of the molecule is CCCCCCNCc1c(O)c2cc(c1O)C(CC)c1cc(c(O)c(CNCCCCCC)c1O)C(CC)c1cc(c(O)c(CNCCCCCC)c1O)C(CC)c1cc(c(O)c(CNCCCCCC)c1O)C2CC. The van der Waals surface area contributed by atoms with Crippen molar-refractivity contribution in [2.45, 2.75) is 234 Å². The largest absolute Gasteiger partial charge is 0.507 e. The molecule has 0 aliphatic heterocycles. The van der Waals surface area contributed by atoms with Gasteiger partial charge in [-0.3, -0.25) is 0 Å². The van der Waals surface area contributed by atoms with Crippen molar-refractivity contribution in [3.8, 4) is 46.0 Å². The summed E-state index contributed by atoms with van der Waals surface area (Å²) in [7, 11) is 0. The summed E-state index contributed by atoms with van der Waals surface area (Å²) in [4.78, 5) is 0. The minimum atomic E-state index is -0.648. The molecule has 0 spiro atoms. The molecule has 12 N–H and O–H groups in total. The number of phenolic OH excluding ortho intramolecular Hbond substituents is 8. The standard InChI is InChI=1S/C64H100N4O8/c1-9-17-21-25-29-65-37-53-57(69)45-33-46(58(53)70)42(14-6)48-35-50(62(74)55(60(48)72)39-67-31-27-23-19-11-3)44(16-8)52-36-51(63(75)56(64(52)76)40-68-32-28-24-20-12-4)43(15-7)49-34-47(41(45)13-5)59(71)54(61(49)73)38-66-30-26-22-18-10-2/h33-36,41-44,65-76H,9-32,37-40H2,1-8H3. The lowest BCUT2D eigenvalue weighted by Gasteiger charge is -2.31. The van der Waals surface area contributed by atoms with Gasteiger partial charge in [-0.15, -0.1) is 0 Å². The van der Waals surface area contributed by atoms with Crippen molar-refractivity contribution in [1.82, 2.24) is 21.3 Å². The minimum absolute atomic E-state index is 0.0934. The van der Waals surface area contributed by atoms with Gasteiger partial charge in [0.25, 0.3) is 0 Å². The lowest BCUT2D eigenvalue weighted by Crippen LogP contribution is -2.19. The lowest BCUT2D eigenvalue weighted by atomic mass is 9.75. The van der Waals surface area contributed by atoms with Gasteiger partial charge in [0.2, 0.25) is 0 Å². The van der Waals surface area contributed by atoms with Crippen molar-refractivity contribution in [1.29, 1.82) is 0 Å². The predicted octanol–water partition coefficient (Wildman–Crippen LogP) is 14.5. The zero-order valence-electron chi connectivity index (χ0n) is 48.0. The molecule has 12 nitrogen and oxygen atoms in total. The van der Waals surface area contributed by atoms with E-state index in [2.05, 4.69) is 49.0 Å². The van der Waals surface area contributed by atoms with Gasteiger partial charge in [-0.25, -0.2) is 0 Å². The first-order valence-electron chi connectivity index (χ1n) is 29.9. The molecule has 1 aliphatic rings. The first-order valence-corrected chi connectivity index (χ1v) is 29.9. The Morgan fingerprint density at radius 1 is 0.263 bits per heavy atom. The van der Waals surface area contributed by atoms with Gasteiger partial charge < -0.3 is 62.1 Å². The topological polar surface area (TPSA) is 210 Å². The third-order valence-corrected chi connectivity index (χ3v) is 16.4. The number of fused-ring (bicyclic) bond motifs is 8. The van der Waals surface area contributed by atoms with E-state index >= 15 is 0 Å². The van der Waals surface area contributed by atoms with E-state index in [0.29, 0.717) is 119 Å². The van der Waals surface area contributed by atoms with Crippen molar-refractivity contribution in [2.24, 2.45) is 0 Å². The van der Waals surface area contributed by atoms with Gasteiger partial charge >= 0.3 is 0 Å². The minimum Gasteiger partial charge on any atom is -0.507 e. The Morgan fingerprint density at radius 3 is 0.579 bits per heavy atom. The van der Waals surface area contributed by atoms with Crippen LogP contribution in [0.15, 0.2) is 24.3 Å². The van der Waals surface area contributed by atoms with Gasteiger partial charge in [-0.1, -0.05) is 132 Å². The summed E-state index contributed by atoms with van der Waals surface area (Å²) >= 11 is 0. The second-order valence-corrected chi connectivity index (χ2v) is 21.7. The highest BCUT2D eigenvalue weighted by atomic mass is 16.3. The average molecular weight is 1050 g/mol. The first kappa shape index (κ1) is 62.0. The van der Waals surface area contributed by atoms with Crippen molar-refractivity contribution < 1.29 is 40.9 Å². The van der Waals surface area contributed by atoms with Crippen molar-refractivity contribution >= 4 is 0 Å². The number of rotatable bonds is 32. The average Bonchev–Trinajstić information content (AvgIpc) is 3.41. The Kier molecular flexibility index (Phi) is 25.7. The van der Waals surface area contributed by atoms with E-state index in [4.69, 9.17) is 0 Å². The van der Waals surface area contributed by atoms with E-state index in [1.165, 1.54) is 0 Å². The fourth-order valence-corrected chi connectivity index (χ4v) is 11.8. The molecule has 4 aromatic rings. The smallest absolute Gasteiger partial charge is 0.127 e. The summed E-state index contributed by atoms with van der Waals surface area (Å²) in [6.07, 6.45) is 18.4. The maximum atomic E-state index is 12.6. The van der Waals surface area contributed by atoms with Crippen LogP contribution < -0.4 is 21.3 Å². The molecule has 0 saturated heterocycles. The van der Waals surface area contributed by atoms with E-state index in [0.717, 1.165) is 103 Å². The fourth-order valence-electron chi connectivity index (χ4n) is 11.8. The Labute approximate surface area is 457 Å². The Hall–Kier alpha value is -4.88. The number of aromatic hydroxyl groups is 8. The number of hydrogen-bond donors (Lipinski definition) is 12. The van der Waals surface area contributed by atoms with E-state index in [1.54, 1.807) is 0 Å². The summed E-state index contributed by atoms with van der Waals surface area (Å²) in [6, 6.07) is 7.31. The highest BCUT2D eigenvalue weighted by Crippen LogP contribution is 2.55. The normalized spacial score (nSPS) is 16.4. The second kappa shape index (κ2) is 31.5. The van der Waals surface area contributed by atoms with Crippen LogP contribution in [0.5, 0.6) is 46.0 Å². The summed E-state index contributed by atoms with van der Waals surface area (Å²) in [5.41, 5.74) is 5.17. The van der Waals surface area contributed by atoms with Gasteiger partial charge in [0, 0.05) is 94.4 Å². The first-order chi connectivity index (χ1) is 36.8. The molecule has 0 unspecified atom stereocenters. The molecule has 1 aliphatic carbocycles. The molecule has 0 radical (unpaired) electrons. The molecular weight excluding hydrogens is 953 g/mol. The number of benzene rings is 4. The van der Waals surface area contributed by atoms with E-state index in [9.17, 15) is 40.9 Å².